The molecule has 0 unspecified atom stereocenters. The minimum atomic E-state index is -3.14. The molecule has 1 rings (SSSR count). The largest absolute Gasteiger partial charge is 0.317 e. The smallest absolute Gasteiger partial charge is 0.209 e. The minimum absolute atomic E-state index is 0.432. The molecule has 0 radical (unpaired) electrons. The van der Waals surface area contributed by atoms with Crippen molar-refractivity contribution in [2.75, 3.05) is 25.9 Å². The zero-order valence-electron chi connectivity index (χ0n) is 10.3. The number of piperidine rings is 1. The molecule has 16 heavy (non-hydrogen) atoms. The predicted octanol–water partition coefficient (Wildman–Crippen LogP) is -0.344. The molecular weight excluding hydrogens is 226 g/mol. The Kier molecular flexibility index (Phi) is 4.73. The third kappa shape index (κ3) is 5.79. The molecular formula is C10H23N3O2S. The van der Waals surface area contributed by atoms with Gasteiger partial charge in [0.05, 0.1) is 6.26 Å². The van der Waals surface area contributed by atoms with Crippen LogP contribution in [-0.2, 0) is 10.0 Å². The van der Waals surface area contributed by atoms with Crippen LogP contribution in [0.2, 0.25) is 0 Å². The van der Waals surface area contributed by atoms with Crippen LogP contribution < -0.4 is 15.4 Å². The average molecular weight is 249 g/mol. The Morgan fingerprint density at radius 1 is 1.31 bits per heavy atom. The van der Waals surface area contributed by atoms with E-state index in [2.05, 4.69) is 15.4 Å². The lowest BCUT2D eigenvalue weighted by Gasteiger charge is -2.30. The van der Waals surface area contributed by atoms with Crippen molar-refractivity contribution < 1.29 is 8.42 Å². The summed E-state index contributed by atoms with van der Waals surface area (Å²) in [6.45, 7) is 6.52. The molecule has 0 atom stereocenters. The maximum atomic E-state index is 11.1. The summed E-state index contributed by atoms with van der Waals surface area (Å²) in [5, 5.41) is 6.72. The van der Waals surface area contributed by atoms with Crippen LogP contribution in [0, 0.1) is 0 Å². The van der Waals surface area contributed by atoms with Crippen LogP contribution in [0.25, 0.3) is 0 Å². The zero-order chi connectivity index (χ0) is 12.2. The highest BCUT2D eigenvalue weighted by atomic mass is 32.2. The molecule has 0 aliphatic carbocycles. The van der Waals surface area contributed by atoms with Gasteiger partial charge in [0.15, 0.2) is 0 Å². The summed E-state index contributed by atoms with van der Waals surface area (Å²) in [6, 6.07) is 0.502. The van der Waals surface area contributed by atoms with Crippen molar-refractivity contribution >= 4 is 10.0 Å². The van der Waals surface area contributed by atoms with Gasteiger partial charge in [0.1, 0.15) is 0 Å². The van der Waals surface area contributed by atoms with E-state index in [9.17, 15) is 8.42 Å². The molecule has 1 aliphatic heterocycles. The Balaban J connectivity index is 2.34. The molecule has 0 aromatic rings. The van der Waals surface area contributed by atoms with Crippen LogP contribution in [0.15, 0.2) is 0 Å². The van der Waals surface area contributed by atoms with Gasteiger partial charge in [-0.1, -0.05) is 0 Å². The van der Waals surface area contributed by atoms with Crippen LogP contribution in [0.4, 0.5) is 0 Å². The fourth-order valence-corrected chi connectivity index (χ4v) is 3.04. The zero-order valence-corrected chi connectivity index (χ0v) is 11.2. The van der Waals surface area contributed by atoms with E-state index in [4.69, 9.17) is 0 Å². The lowest BCUT2D eigenvalue weighted by atomic mass is 10.0. The van der Waals surface area contributed by atoms with Gasteiger partial charge in [-0.2, -0.15) is 0 Å². The molecule has 0 aromatic carbocycles. The maximum absolute atomic E-state index is 11.1. The Labute approximate surface area is 98.4 Å². The Bertz CT molecular complexity index is 308. The Morgan fingerprint density at radius 3 is 2.38 bits per heavy atom. The lowest BCUT2D eigenvalue weighted by molar-refractivity contribution is 0.339. The van der Waals surface area contributed by atoms with Crippen molar-refractivity contribution in [2.45, 2.75) is 38.3 Å². The first-order valence-corrected chi connectivity index (χ1v) is 7.61. The molecule has 0 aromatic heterocycles. The van der Waals surface area contributed by atoms with Gasteiger partial charge in [-0.3, -0.25) is 0 Å². The van der Waals surface area contributed by atoms with E-state index in [0.717, 1.165) is 25.9 Å². The second-order valence-corrected chi connectivity index (χ2v) is 6.91. The average Bonchev–Trinajstić information content (AvgIpc) is 2.13. The summed E-state index contributed by atoms with van der Waals surface area (Å²) in [5.41, 5.74) is -0.432. The summed E-state index contributed by atoms with van der Waals surface area (Å²) < 4.78 is 24.9. The molecule has 0 amide bonds. The number of hydrogen-bond acceptors (Lipinski definition) is 4. The van der Waals surface area contributed by atoms with E-state index < -0.39 is 15.6 Å². The normalized spacial score (nSPS) is 19.9. The predicted molar refractivity (Wildman–Crippen MR) is 66.0 cm³/mol. The SMILES string of the molecule is CC(C)(CNC1CCNCC1)NS(C)(=O)=O. The maximum Gasteiger partial charge on any atom is 0.209 e. The quantitative estimate of drug-likeness (QED) is 0.623. The van der Waals surface area contributed by atoms with Crippen molar-refractivity contribution in [3.05, 3.63) is 0 Å². The highest BCUT2D eigenvalue weighted by Gasteiger charge is 2.23. The van der Waals surface area contributed by atoms with Gasteiger partial charge in [-0.05, 0) is 39.8 Å². The molecule has 6 heteroatoms. The van der Waals surface area contributed by atoms with Gasteiger partial charge >= 0.3 is 0 Å². The van der Waals surface area contributed by atoms with Crippen LogP contribution in [0.5, 0.6) is 0 Å². The first kappa shape index (κ1) is 13.9. The van der Waals surface area contributed by atoms with Crippen molar-refractivity contribution in [2.24, 2.45) is 0 Å². The summed E-state index contributed by atoms with van der Waals surface area (Å²) in [4.78, 5) is 0. The lowest BCUT2D eigenvalue weighted by Crippen LogP contribution is -2.53. The van der Waals surface area contributed by atoms with Gasteiger partial charge in [0, 0.05) is 18.1 Å². The molecule has 1 saturated heterocycles. The van der Waals surface area contributed by atoms with E-state index >= 15 is 0 Å². The first-order chi connectivity index (χ1) is 7.29. The molecule has 5 nitrogen and oxygen atoms in total. The van der Waals surface area contributed by atoms with Gasteiger partial charge in [0.2, 0.25) is 10.0 Å². The third-order valence-electron chi connectivity index (χ3n) is 2.63. The number of sulfonamides is 1. The Morgan fingerprint density at radius 2 is 1.88 bits per heavy atom. The molecule has 0 spiro atoms. The molecule has 3 N–H and O–H groups in total. The first-order valence-electron chi connectivity index (χ1n) is 5.72. The highest BCUT2D eigenvalue weighted by Crippen LogP contribution is 2.06. The van der Waals surface area contributed by atoms with E-state index in [1.807, 2.05) is 13.8 Å². The van der Waals surface area contributed by atoms with Crippen molar-refractivity contribution in [1.29, 1.82) is 0 Å². The van der Waals surface area contributed by atoms with E-state index in [0.29, 0.717) is 12.6 Å². The van der Waals surface area contributed by atoms with Crippen molar-refractivity contribution in [3.63, 3.8) is 0 Å². The standard InChI is InChI=1S/C10H23N3O2S/c1-10(2,13-16(3,14)15)8-12-9-4-6-11-7-5-9/h9,11-13H,4-8H2,1-3H3. The van der Waals surface area contributed by atoms with Crippen LogP contribution in [0.3, 0.4) is 0 Å². The van der Waals surface area contributed by atoms with Crippen molar-refractivity contribution in [1.82, 2.24) is 15.4 Å². The molecule has 1 aliphatic rings. The van der Waals surface area contributed by atoms with Crippen LogP contribution in [0.1, 0.15) is 26.7 Å². The van der Waals surface area contributed by atoms with Gasteiger partial charge in [-0.25, -0.2) is 13.1 Å². The van der Waals surface area contributed by atoms with E-state index in [-0.39, 0.29) is 0 Å². The number of rotatable bonds is 5. The topological polar surface area (TPSA) is 70.2 Å². The fraction of sp³-hybridized carbons (Fsp3) is 1.00. The second kappa shape index (κ2) is 5.44. The van der Waals surface area contributed by atoms with E-state index in [1.54, 1.807) is 0 Å². The fourth-order valence-electron chi connectivity index (χ4n) is 1.96. The highest BCUT2D eigenvalue weighted by molar-refractivity contribution is 7.88. The molecule has 96 valence electrons. The van der Waals surface area contributed by atoms with Crippen molar-refractivity contribution in [3.8, 4) is 0 Å². The Hall–Kier alpha value is -0.170. The van der Waals surface area contributed by atoms with Gasteiger partial charge in [-0.15, -0.1) is 0 Å². The summed E-state index contributed by atoms with van der Waals surface area (Å²) in [6.07, 6.45) is 3.41. The minimum Gasteiger partial charge on any atom is -0.317 e. The van der Waals surface area contributed by atoms with Gasteiger partial charge < -0.3 is 10.6 Å². The molecule has 1 fully saturated rings. The summed E-state index contributed by atoms with van der Waals surface area (Å²) in [7, 11) is -3.14. The molecule has 0 saturated carbocycles. The van der Waals surface area contributed by atoms with Crippen LogP contribution >= 0.6 is 0 Å². The summed E-state index contributed by atoms with van der Waals surface area (Å²) >= 11 is 0. The second-order valence-electron chi connectivity index (χ2n) is 5.16. The number of hydrogen-bond donors (Lipinski definition) is 3. The van der Waals surface area contributed by atoms with Crippen LogP contribution in [-0.4, -0.2) is 45.9 Å². The third-order valence-corrected chi connectivity index (χ3v) is 3.56. The number of nitrogens with one attached hydrogen (secondary N) is 3. The van der Waals surface area contributed by atoms with E-state index in [1.165, 1.54) is 6.26 Å². The molecule has 0 bridgehead atoms. The van der Waals surface area contributed by atoms with Gasteiger partial charge in [0.25, 0.3) is 0 Å². The summed E-state index contributed by atoms with van der Waals surface area (Å²) in [5.74, 6) is 0. The molecule has 1 heterocycles. The monoisotopic (exact) mass is 249 g/mol.